The summed E-state index contributed by atoms with van der Waals surface area (Å²) in [4.78, 5) is 6.15. The predicted octanol–water partition coefficient (Wildman–Crippen LogP) is 4.10. The van der Waals surface area contributed by atoms with Crippen LogP contribution in [0.1, 0.15) is 30.6 Å². The maximum absolute atomic E-state index is 9.77. The van der Waals surface area contributed by atoms with E-state index in [9.17, 15) is 5.11 Å². The van der Waals surface area contributed by atoms with Gasteiger partial charge in [-0.05, 0) is 31.4 Å². The van der Waals surface area contributed by atoms with E-state index in [1.807, 2.05) is 6.92 Å². The van der Waals surface area contributed by atoms with Crippen LogP contribution in [0, 0.1) is 11.3 Å². The summed E-state index contributed by atoms with van der Waals surface area (Å²) in [6.45, 7) is 3.92. The van der Waals surface area contributed by atoms with Crippen molar-refractivity contribution >= 4 is 16.8 Å². The van der Waals surface area contributed by atoms with E-state index in [-0.39, 0.29) is 17.9 Å². The molecule has 0 radical (unpaired) electrons. The van der Waals surface area contributed by atoms with Crippen LogP contribution in [-0.2, 0) is 11.2 Å². The van der Waals surface area contributed by atoms with Crippen LogP contribution in [0.2, 0.25) is 0 Å². The maximum atomic E-state index is 9.77. The lowest BCUT2D eigenvalue weighted by molar-refractivity contribution is 0.146. The molecule has 3 heterocycles. The summed E-state index contributed by atoms with van der Waals surface area (Å²) >= 11 is 0. The van der Waals surface area contributed by atoms with Crippen molar-refractivity contribution in [3.05, 3.63) is 59.0 Å². The van der Waals surface area contributed by atoms with E-state index in [2.05, 4.69) is 40.2 Å². The summed E-state index contributed by atoms with van der Waals surface area (Å²) in [5.74, 6) is 0.0361. The number of hydrogen-bond donors (Lipinski definition) is 3. The SMILES string of the molecule is C/C=C1/CN2CCc3c([nH]c4ccccc34)C2CC1/C(=C/O)C(=N)OC. The number of ether oxygens (including phenoxy) is 1. The molecule has 2 aromatic rings. The molecule has 0 aliphatic carbocycles. The third-order valence-electron chi connectivity index (χ3n) is 5.91. The number of aromatic nitrogens is 1. The van der Waals surface area contributed by atoms with Crippen LogP contribution in [0.5, 0.6) is 0 Å². The standard InChI is InChI=1S/C21H25N3O2/c1-3-13-11-24-9-8-15-14-6-4-5-7-18(14)23-20(15)19(24)10-16(13)17(12-25)21(22)26-2/h3-7,12,16,19,22-23,25H,8-11H2,1-2H3/b13-3-,17-12-,22-21?. The zero-order valence-electron chi connectivity index (χ0n) is 15.2. The van der Waals surface area contributed by atoms with Gasteiger partial charge in [0.2, 0.25) is 5.90 Å². The predicted molar refractivity (Wildman–Crippen MR) is 104 cm³/mol. The highest BCUT2D eigenvalue weighted by atomic mass is 16.5. The molecule has 0 bridgehead atoms. The zero-order chi connectivity index (χ0) is 18.3. The van der Waals surface area contributed by atoms with Crippen LogP contribution in [0.3, 0.4) is 0 Å². The molecule has 1 saturated heterocycles. The van der Waals surface area contributed by atoms with E-state index in [1.165, 1.54) is 34.8 Å². The number of allylic oxidation sites excluding steroid dienone is 1. The summed E-state index contributed by atoms with van der Waals surface area (Å²) in [6, 6.07) is 8.75. The number of fused-ring (bicyclic) bond motifs is 5. The maximum Gasteiger partial charge on any atom is 0.212 e. The largest absolute Gasteiger partial charge is 0.515 e. The third-order valence-corrected chi connectivity index (χ3v) is 5.91. The Kier molecular flexibility index (Phi) is 4.32. The van der Waals surface area contributed by atoms with Gasteiger partial charge >= 0.3 is 0 Å². The number of para-hydroxylation sites is 1. The van der Waals surface area contributed by atoms with E-state index in [4.69, 9.17) is 10.1 Å². The van der Waals surface area contributed by atoms with Gasteiger partial charge in [-0.1, -0.05) is 29.8 Å². The molecule has 5 nitrogen and oxygen atoms in total. The number of benzene rings is 1. The molecule has 1 aromatic heterocycles. The lowest BCUT2D eigenvalue weighted by Gasteiger charge is -2.44. The lowest BCUT2D eigenvalue weighted by Crippen LogP contribution is -2.43. The van der Waals surface area contributed by atoms with Gasteiger partial charge in [-0.25, -0.2) is 0 Å². The molecule has 1 fully saturated rings. The van der Waals surface area contributed by atoms with Gasteiger partial charge < -0.3 is 14.8 Å². The number of aliphatic hydroxyl groups is 1. The number of hydrogen-bond acceptors (Lipinski definition) is 4. The quantitative estimate of drug-likeness (QED) is 0.330. The van der Waals surface area contributed by atoms with Gasteiger partial charge in [0.1, 0.15) is 0 Å². The summed E-state index contributed by atoms with van der Waals surface area (Å²) in [5, 5.41) is 19.1. The van der Waals surface area contributed by atoms with Crippen molar-refractivity contribution < 1.29 is 9.84 Å². The normalized spacial score (nSPS) is 25.2. The Bertz CT molecular complexity index is 909. The molecule has 1 aromatic carbocycles. The average Bonchev–Trinajstić information content (AvgIpc) is 3.07. The Balaban J connectivity index is 1.75. The highest BCUT2D eigenvalue weighted by molar-refractivity contribution is 5.91. The van der Waals surface area contributed by atoms with Crippen LogP contribution < -0.4 is 0 Å². The molecule has 5 heteroatoms. The number of aliphatic hydroxyl groups excluding tert-OH is 1. The number of piperidine rings is 1. The number of aromatic amines is 1. The van der Waals surface area contributed by atoms with E-state index in [1.54, 1.807) is 0 Å². The van der Waals surface area contributed by atoms with E-state index in [0.29, 0.717) is 5.57 Å². The Morgan fingerprint density at radius 1 is 1.38 bits per heavy atom. The first-order valence-corrected chi connectivity index (χ1v) is 9.13. The first kappa shape index (κ1) is 16.9. The highest BCUT2D eigenvalue weighted by Gasteiger charge is 2.39. The minimum atomic E-state index is -0.00365. The molecular weight excluding hydrogens is 326 g/mol. The van der Waals surface area contributed by atoms with Gasteiger partial charge in [-0.3, -0.25) is 10.3 Å². The fourth-order valence-corrected chi connectivity index (χ4v) is 4.59. The molecule has 0 spiro atoms. The smallest absolute Gasteiger partial charge is 0.212 e. The second-order valence-corrected chi connectivity index (χ2v) is 7.07. The Labute approximate surface area is 153 Å². The number of nitrogens with one attached hydrogen (secondary N) is 2. The van der Waals surface area contributed by atoms with E-state index in [0.717, 1.165) is 32.2 Å². The number of methoxy groups -OCH3 is 1. The van der Waals surface area contributed by atoms with Crippen molar-refractivity contribution in [3.8, 4) is 0 Å². The fraction of sp³-hybridized carbons (Fsp3) is 0.381. The van der Waals surface area contributed by atoms with Crippen molar-refractivity contribution in [1.29, 1.82) is 5.41 Å². The number of nitrogens with zero attached hydrogens (tertiary/aromatic N) is 1. The van der Waals surface area contributed by atoms with Crippen molar-refractivity contribution in [1.82, 2.24) is 9.88 Å². The monoisotopic (exact) mass is 351 g/mol. The molecule has 4 rings (SSSR count). The minimum Gasteiger partial charge on any atom is -0.515 e. The first-order valence-electron chi connectivity index (χ1n) is 9.13. The number of H-pyrrole nitrogens is 1. The van der Waals surface area contributed by atoms with E-state index >= 15 is 0 Å². The van der Waals surface area contributed by atoms with Crippen molar-refractivity contribution in [2.24, 2.45) is 5.92 Å². The highest BCUT2D eigenvalue weighted by Crippen LogP contribution is 2.44. The van der Waals surface area contributed by atoms with Gasteiger partial charge in [0.15, 0.2) is 0 Å². The van der Waals surface area contributed by atoms with Gasteiger partial charge in [0, 0.05) is 35.6 Å². The molecule has 0 amide bonds. The Morgan fingerprint density at radius 2 is 2.19 bits per heavy atom. The number of rotatable bonds is 2. The van der Waals surface area contributed by atoms with Crippen LogP contribution >= 0.6 is 0 Å². The second kappa shape index (κ2) is 6.65. The molecular formula is C21H25N3O2. The van der Waals surface area contributed by atoms with Gasteiger partial charge in [0.25, 0.3) is 0 Å². The summed E-state index contributed by atoms with van der Waals surface area (Å²) < 4.78 is 5.11. The van der Waals surface area contributed by atoms with Crippen molar-refractivity contribution in [2.45, 2.75) is 25.8 Å². The van der Waals surface area contributed by atoms with Crippen molar-refractivity contribution in [2.75, 3.05) is 20.2 Å². The summed E-state index contributed by atoms with van der Waals surface area (Å²) in [6.07, 6.45) is 5.05. The summed E-state index contributed by atoms with van der Waals surface area (Å²) in [5.41, 5.74) is 5.70. The lowest BCUT2D eigenvalue weighted by atomic mass is 9.78. The van der Waals surface area contributed by atoms with Crippen LogP contribution in [0.15, 0.2) is 47.7 Å². The molecule has 0 saturated carbocycles. The van der Waals surface area contributed by atoms with Gasteiger partial charge in [-0.15, -0.1) is 0 Å². The fourth-order valence-electron chi connectivity index (χ4n) is 4.59. The molecule has 2 atom stereocenters. The van der Waals surface area contributed by atoms with Gasteiger partial charge in [-0.2, -0.15) is 0 Å². The second-order valence-electron chi connectivity index (χ2n) is 7.07. The van der Waals surface area contributed by atoms with Crippen LogP contribution in [-0.4, -0.2) is 41.1 Å². The molecule has 3 N–H and O–H groups in total. The zero-order valence-corrected chi connectivity index (χ0v) is 15.2. The average molecular weight is 351 g/mol. The molecule has 136 valence electrons. The van der Waals surface area contributed by atoms with E-state index < -0.39 is 0 Å². The Morgan fingerprint density at radius 3 is 2.92 bits per heavy atom. The molecule has 2 aliphatic rings. The topological polar surface area (TPSA) is 72.3 Å². The molecule has 2 aliphatic heterocycles. The summed E-state index contributed by atoms with van der Waals surface area (Å²) in [7, 11) is 1.48. The van der Waals surface area contributed by atoms with Crippen LogP contribution in [0.25, 0.3) is 10.9 Å². The first-order chi connectivity index (χ1) is 12.7. The van der Waals surface area contributed by atoms with Crippen molar-refractivity contribution in [3.63, 3.8) is 0 Å². The van der Waals surface area contributed by atoms with Gasteiger partial charge in [0.05, 0.1) is 25.0 Å². The molecule has 26 heavy (non-hydrogen) atoms. The Hall–Kier alpha value is -2.53. The van der Waals surface area contributed by atoms with Crippen LogP contribution in [0.4, 0.5) is 0 Å². The minimum absolute atomic E-state index is 0.00365. The third kappa shape index (κ3) is 2.54. The molecule has 2 unspecified atom stereocenters.